The average molecular weight is 527 g/mol. The number of rotatable bonds is 6. The van der Waals surface area contributed by atoms with Crippen molar-refractivity contribution in [2.75, 3.05) is 7.11 Å². The Morgan fingerprint density at radius 1 is 0.833 bits per heavy atom. The highest BCUT2D eigenvalue weighted by molar-refractivity contribution is 7.93. The summed E-state index contributed by atoms with van der Waals surface area (Å²) in [6.07, 6.45) is 0.159. The van der Waals surface area contributed by atoms with Gasteiger partial charge >= 0.3 is 10.1 Å². The summed E-state index contributed by atoms with van der Waals surface area (Å²) in [4.78, 5) is 0. The maximum Gasteiger partial charge on any atom is 0.313 e. The number of methoxy groups -OCH3 is 1. The van der Waals surface area contributed by atoms with Crippen LogP contribution in [0.25, 0.3) is 11.1 Å². The molecule has 2 bridgehead atoms. The van der Waals surface area contributed by atoms with Gasteiger partial charge in [0.2, 0.25) is 0 Å². The maximum absolute atomic E-state index is 13.7. The summed E-state index contributed by atoms with van der Waals surface area (Å²) in [6.45, 7) is 3.69. The zero-order valence-corrected chi connectivity index (χ0v) is 21.6. The topological polar surface area (TPSA) is 110 Å². The van der Waals surface area contributed by atoms with Crippen molar-refractivity contribution in [2.24, 2.45) is 0 Å². The van der Waals surface area contributed by atoms with E-state index in [4.69, 9.17) is 8.92 Å². The smallest absolute Gasteiger partial charge is 0.313 e. The SMILES string of the molecule is COc1ccc(OS(=O)(=O)[C@H]2C[C@H]3C(c4ccc(O)cc4C)=C(c4ccc(O)cc4C)[C@@H]2S3=O)cc1. The van der Waals surface area contributed by atoms with Crippen molar-refractivity contribution in [3.8, 4) is 23.0 Å². The van der Waals surface area contributed by atoms with E-state index in [1.807, 2.05) is 13.8 Å². The molecule has 9 heteroatoms. The van der Waals surface area contributed by atoms with Crippen LogP contribution >= 0.6 is 0 Å². The molecule has 0 aliphatic carbocycles. The predicted octanol–water partition coefficient (Wildman–Crippen LogP) is 4.31. The molecule has 0 aromatic heterocycles. The minimum Gasteiger partial charge on any atom is -0.508 e. The lowest BCUT2D eigenvalue weighted by molar-refractivity contribution is 0.413. The predicted molar refractivity (Wildman–Crippen MR) is 139 cm³/mol. The van der Waals surface area contributed by atoms with Gasteiger partial charge in [0.15, 0.2) is 0 Å². The molecule has 36 heavy (non-hydrogen) atoms. The van der Waals surface area contributed by atoms with Crippen molar-refractivity contribution in [2.45, 2.75) is 36.0 Å². The first kappa shape index (κ1) is 24.4. The first-order chi connectivity index (χ1) is 17.1. The third kappa shape index (κ3) is 4.06. The van der Waals surface area contributed by atoms with E-state index in [0.717, 1.165) is 27.8 Å². The molecule has 3 aromatic rings. The van der Waals surface area contributed by atoms with Gasteiger partial charge in [-0.3, -0.25) is 4.21 Å². The van der Waals surface area contributed by atoms with Crippen LogP contribution < -0.4 is 8.92 Å². The molecule has 0 radical (unpaired) electrons. The number of aryl methyl sites for hydroxylation is 2. The van der Waals surface area contributed by atoms with Gasteiger partial charge in [-0.1, -0.05) is 12.1 Å². The Morgan fingerprint density at radius 2 is 1.36 bits per heavy atom. The second-order valence-corrected chi connectivity index (χ2v) is 12.6. The largest absolute Gasteiger partial charge is 0.508 e. The Balaban J connectivity index is 1.63. The van der Waals surface area contributed by atoms with E-state index in [-0.39, 0.29) is 23.7 Å². The summed E-state index contributed by atoms with van der Waals surface area (Å²) >= 11 is 0. The maximum atomic E-state index is 13.7. The molecular formula is C27H26O7S2. The molecule has 2 N–H and O–H groups in total. The third-order valence-corrected chi connectivity index (χ3v) is 10.7. The van der Waals surface area contributed by atoms with Crippen LogP contribution in [0.3, 0.4) is 0 Å². The van der Waals surface area contributed by atoms with E-state index in [2.05, 4.69) is 0 Å². The Labute approximate surface area is 212 Å². The summed E-state index contributed by atoms with van der Waals surface area (Å²) in [5.41, 5.74) is 4.61. The zero-order chi connectivity index (χ0) is 25.8. The van der Waals surface area contributed by atoms with Gasteiger partial charge in [0.25, 0.3) is 0 Å². The molecule has 2 aliphatic rings. The van der Waals surface area contributed by atoms with Crippen LogP contribution in [0, 0.1) is 13.8 Å². The van der Waals surface area contributed by atoms with Gasteiger partial charge in [-0.05, 0) is 102 Å². The lowest BCUT2D eigenvalue weighted by Gasteiger charge is -2.27. The first-order valence-electron chi connectivity index (χ1n) is 11.4. The van der Waals surface area contributed by atoms with Gasteiger partial charge in [0, 0.05) is 10.8 Å². The van der Waals surface area contributed by atoms with Crippen molar-refractivity contribution in [1.29, 1.82) is 0 Å². The van der Waals surface area contributed by atoms with Crippen molar-refractivity contribution in [3.63, 3.8) is 0 Å². The fourth-order valence-corrected chi connectivity index (χ4v) is 9.59. The fourth-order valence-electron chi connectivity index (χ4n) is 5.23. The quantitative estimate of drug-likeness (QED) is 0.461. The highest BCUT2D eigenvalue weighted by Crippen LogP contribution is 2.54. The van der Waals surface area contributed by atoms with E-state index >= 15 is 0 Å². The number of fused-ring (bicyclic) bond motifs is 2. The number of benzene rings is 3. The zero-order valence-electron chi connectivity index (χ0n) is 20.0. The van der Waals surface area contributed by atoms with Gasteiger partial charge < -0.3 is 19.1 Å². The van der Waals surface area contributed by atoms with Gasteiger partial charge in [0.05, 0.1) is 17.6 Å². The van der Waals surface area contributed by atoms with E-state index in [1.165, 1.54) is 19.2 Å². The highest BCUT2D eigenvalue weighted by Gasteiger charge is 2.57. The summed E-state index contributed by atoms with van der Waals surface area (Å²) in [5, 5.41) is 17.6. The van der Waals surface area contributed by atoms with E-state index in [9.17, 15) is 22.8 Å². The molecule has 7 nitrogen and oxygen atoms in total. The van der Waals surface area contributed by atoms with Crippen molar-refractivity contribution < 1.29 is 31.8 Å². The van der Waals surface area contributed by atoms with Crippen LogP contribution in [0.1, 0.15) is 28.7 Å². The lowest BCUT2D eigenvalue weighted by Crippen LogP contribution is -2.36. The van der Waals surface area contributed by atoms with Crippen LogP contribution in [-0.2, 0) is 20.9 Å². The average Bonchev–Trinajstić information content (AvgIpc) is 3.30. The van der Waals surface area contributed by atoms with Crippen molar-refractivity contribution in [1.82, 2.24) is 0 Å². The number of phenolic OH excluding ortho intramolecular Hbond substituents is 2. The van der Waals surface area contributed by atoms with Crippen molar-refractivity contribution in [3.05, 3.63) is 82.9 Å². The van der Waals surface area contributed by atoms with Crippen molar-refractivity contribution >= 4 is 32.1 Å². The molecule has 0 saturated carbocycles. The van der Waals surface area contributed by atoms with E-state index in [1.54, 1.807) is 48.5 Å². The van der Waals surface area contributed by atoms with Crippen LogP contribution in [0.5, 0.6) is 23.0 Å². The molecule has 3 aromatic carbocycles. The summed E-state index contributed by atoms with van der Waals surface area (Å²) < 4.78 is 51.3. The van der Waals surface area contributed by atoms with E-state index in [0.29, 0.717) is 11.3 Å². The molecule has 0 amide bonds. The monoisotopic (exact) mass is 526 g/mol. The van der Waals surface area contributed by atoms with Crippen LogP contribution in [0.2, 0.25) is 0 Å². The lowest BCUT2D eigenvalue weighted by atomic mass is 9.81. The molecule has 2 heterocycles. The molecule has 1 fully saturated rings. The minimum atomic E-state index is -4.14. The number of hydrogen-bond donors (Lipinski definition) is 2. The fraction of sp³-hybridized carbons (Fsp3) is 0.259. The Kier molecular flexibility index (Phi) is 6.08. The van der Waals surface area contributed by atoms with Crippen LogP contribution in [0.15, 0.2) is 60.7 Å². The van der Waals surface area contributed by atoms with Gasteiger partial charge in [-0.2, -0.15) is 8.42 Å². The minimum absolute atomic E-state index is 0.0931. The van der Waals surface area contributed by atoms with E-state index < -0.39 is 36.7 Å². The number of hydrogen-bond acceptors (Lipinski definition) is 7. The molecule has 188 valence electrons. The summed E-state index contributed by atoms with van der Waals surface area (Å²) in [5.74, 6) is 0.945. The van der Waals surface area contributed by atoms with Crippen LogP contribution in [-0.4, -0.2) is 45.7 Å². The summed E-state index contributed by atoms with van der Waals surface area (Å²) in [6, 6.07) is 16.2. The Bertz CT molecular complexity index is 1510. The molecule has 0 spiro atoms. The molecule has 1 saturated heterocycles. The molecule has 2 aliphatic heterocycles. The second-order valence-electron chi connectivity index (χ2n) is 9.09. The van der Waals surface area contributed by atoms with Gasteiger partial charge in [-0.15, -0.1) is 0 Å². The normalized spacial score (nSPS) is 23.2. The number of phenols is 2. The molecule has 5 rings (SSSR count). The molecule has 1 unspecified atom stereocenters. The molecular weight excluding hydrogens is 500 g/mol. The number of ether oxygens (including phenoxy) is 1. The first-order valence-corrected chi connectivity index (χ1v) is 14.2. The van der Waals surface area contributed by atoms with Gasteiger partial charge in [-0.25, -0.2) is 0 Å². The third-order valence-electron chi connectivity index (χ3n) is 6.85. The Hall–Kier alpha value is -3.30. The summed E-state index contributed by atoms with van der Waals surface area (Å²) in [7, 11) is -4.13. The molecule has 4 atom stereocenters. The Morgan fingerprint density at radius 3 is 1.89 bits per heavy atom. The van der Waals surface area contributed by atoms with Gasteiger partial charge in [0.1, 0.15) is 28.2 Å². The standard InChI is InChI=1S/C27H26O7S2/c1-15-12-17(28)4-10-21(15)25-23-14-24(36(31,32)34-20-8-6-19(33-3)7-9-20)27(35(23)30)26(25)22-11-5-18(29)13-16(22)2/h4-13,23-24,27-29H,14H2,1-3H3/t23-,24-,27+,35?/m0/s1. The highest BCUT2D eigenvalue weighted by atomic mass is 32.2. The second kappa shape index (κ2) is 8.97. The number of aromatic hydroxyl groups is 2. The van der Waals surface area contributed by atoms with Crippen LogP contribution in [0.4, 0.5) is 0 Å².